The standard InChI is InChI=1S/C15H12O3/c1-10(16)12-7-8-13(15(17)18)14(9-12)11-5-3-2-4-6-11/h2-9H,1H3,(H,17,18). The molecule has 0 bridgehead atoms. The lowest BCUT2D eigenvalue weighted by atomic mass is 9.96. The highest BCUT2D eigenvalue weighted by molar-refractivity contribution is 6.00. The molecule has 0 heterocycles. The first-order valence-electron chi connectivity index (χ1n) is 5.53. The monoisotopic (exact) mass is 240 g/mol. The lowest BCUT2D eigenvalue weighted by molar-refractivity contribution is 0.0697. The number of aromatic carboxylic acids is 1. The number of carboxylic acids is 1. The van der Waals surface area contributed by atoms with Crippen molar-refractivity contribution in [3.8, 4) is 11.1 Å². The zero-order chi connectivity index (χ0) is 13.1. The molecule has 0 spiro atoms. The van der Waals surface area contributed by atoms with Crippen molar-refractivity contribution in [2.24, 2.45) is 0 Å². The average molecular weight is 240 g/mol. The van der Waals surface area contributed by atoms with E-state index in [2.05, 4.69) is 0 Å². The van der Waals surface area contributed by atoms with Crippen LogP contribution in [0.2, 0.25) is 0 Å². The van der Waals surface area contributed by atoms with E-state index in [4.69, 9.17) is 0 Å². The lowest BCUT2D eigenvalue weighted by Gasteiger charge is -2.08. The predicted molar refractivity (Wildman–Crippen MR) is 68.8 cm³/mol. The highest BCUT2D eigenvalue weighted by Crippen LogP contribution is 2.25. The maximum Gasteiger partial charge on any atom is 0.336 e. The summed E-state index contributed by atoms with van der Waals surface area (Å²) in [6.45, 7) is 1.46. The summed E-state index contributed by atoms with van der Waals surface area (Å²) in [4.78, 5) is 22.6. The number of hydrogen-bond donors (Lipinski definition) is 1. The van der Waals surface area contributed by atoms with Crippen LogP contribution in [0.5, 0.6) is 0 Å². The van der Waals surface area contributed by atoms with Gasteiger partial charge in [0, 0.05) is 5.56 Å². The maximum absolute atomic E-state index is 11.4. The van der Waals surface area contributed by atoms with Crippen LogP contribution in [0.3, 0.4) is 0 Å². The van der Waals surface area contributed by atoms with Crippen LogP contribution in [-0.4, -0.2) is 16.9 Å². The smallest absolute Gasteiger partial charge is 0.336 e. The van der Waals surface area contributed by atoms with Gasteiger partial charge in [-0.3, -0.25) is 4.79 Å². The lowest BCUT2D eigenvalue weighted by Crippen LogP contribution is -2.02. The first kappa shape index (κ1) is 12.0. The van der Waals surface area contributed by atoms with Crippen LogP contribution in [0, 0.1) is 0 Å². The zero-order valence-corrected chi connectivity index (χ0v) is 9.88. The third-order valence-corrected chi connectivity index (χ3v) is 2.74. The maximum atomic E-state index is 11.4. The van der Waals surface area contributed by atoms with Crippen molar-refractivity contribution >= 4 is 11.8 Å². The van der Waals surface area contributed by atoms with Crippen LogP contribution in [0.25, 0.3) is 11.1 Å². The molecule has 0 aromatic heterocycles. The second-order valence-corrected chi connectivity index (χ2v) is 3.99. The van der Waals surface area contributed by atoms with Gasteiger partial charge >= 0.3 is 5.97 Å². The fraction of sp³-hybridized carbons (Fsp3) is 0.0667. The number of hydrogen-bond acceptors (Lipinski definition) is 2. The molecule has 18 heavy (non-hydrogen) atoms. The Morgan fingerprint density at radius 2 is 1.67 bits per heavy atom. The number of benzene rings is 2. The summed E-state index contributed by atoms with van der Waals surface area (Å²) < 4.78 is 0. The molecular formula is C15H12O3. The summed E-state index contributed by atoms with van der Waals surface area (Å²) in [5.41, 5.74) is 2.07. The number of Topliss-reactive ketones (excluding diaryl/α,β-unsaturated/α-hetero) is 1. The molecule has 0 aliphatic rings. The van der Waals surface area contributed by atoms with E-state index in [9.17, 15) is 14.7 Å². The summed E-state index contributed by atoms with van der Waals surface area (Å²) in [6.07, 6.45) is 0. The van der Waals surface area contributed by atoms with Gasteiger partial charge in [-0.05, 0) is 30.2 Å². The molecule has 2 aromatic carbocycles. The molecule has 0 radical (unpaired) electrons. The highest BCUT2D eigenvalue weighted by Gasteiger charge is 2.13. The molecule has 0 fully saturated rings. The Kier molecular flexibility index (Phi) is 3.24. The van der Waals surface area contributed by atoms with Crippen LogP contribution < -0.4 is 0 Å². The van der Waals surface area contributed by atoms with Crippen LogP contribution in [0.4, 0.5) is 0 Å². The van der Waals surface area contributed by atoms with Gasteiger partial charge in [-0.1, -0.05) is 36.4 Å². The Hall–Kier alpha value is -2.42. The molecule has 0 aliphatic carbocycles. The largest absolute Gasteiger partial charge is 0.478 e. The van der Waals surface area contributed by atoms with E-state index in [0.717, 1.165) is 5.56 Å². The molecule has 3 nitrogen and oxygen atoms in total. The predicted octanol–water partition coefficient (Wildman–Crippen LogP) is 3.25. The van der Waals surface area contributed by atoms with Crippen LogP contribution in [0.1, 0.15) is 27.6 Å². The van der Waals surface area contributed by atoms with E-state index in [0.29, 0.717) is 11.1 Å². The number of rotatable bonds is 3. The van der Waals surface area contributed by atoms with Crippen molar-refractivity contribution in [1.82, 2.24) is 0 Å². The van der Waals surface area contributed by atoms with E-state index in [-0.39, 0.29) is 11.3 Å². The first-order chi connectivity index (χ1) is 8.59. The first-order valence-corrected chi connectivity index (χ1v) is 5.53. The molecule has 0 unspecified atom stereocenters. The van der Waals surface area contributed by atoms with Crippen molar-refractivity contribution in [1.29, 1.82) is 0 Å². The van der Waals surface area contributed by atoms with Crippen molar-refractivity contribution in [3.05, 3.63) is 59.7 Å². The molecule has 0 atom stereocenters. The molecule has 1 N–H and O–H groups in total. The summed E-state index contributed by atoms with van der Waals surface area (Å²) >= 11 is 0. The molecule has 3 heteroatoms. The number of carboxylic acid groups (broad SMARTS) is 1. The van der Waals surface area contributed by atoms with E-state index in [1.165, 1.54) is 19.1 Å². The van der Waals surface area contributed by atoms with Gasteiger partial charge in [-0.2, -0.15) is 0 Å². The average Bonchev–Trinajstić information content (AvgIpc) is 2.39. The molecule has 0 saturated heterocycles. The second-order valence-electron chi connectivity index (χ2n) is 3.99. The van der Waals surface area contributed by atoms with Crippen molar-refractivity contribution in [2.45, 2.75) is 6.92 Å². The number of carbonyl (C=O) groups is 2. The van der Waals surface area contributed by atoms with Gasteiger partial charge in [-0.15, -0.1) is 0 Å². The van der Waals surface area contributed by atoms with Gasteiger partial charge in [0.05, 0.1) is 5.56 Å². The highest BCUT2D eigenvalue weighted by atomic mass is 16.4. The Labute approximate surface area is 105 Å². The van der Waals surface area contributed by atoms with Gasteiger partial charge in [-0.25, -0.2) is 4.79 Å². The zero-order valence-electron chi connectivity index (χ0n) is 9.88. The normalized spacial score (nSPS) is 10.1. The molecule has 2 aromatic rings. The van der Waals surface area contributed by atoms with Gasteiger partial charge in [0.15, 0.2) is 5.78 Å². The van der Waals surface area contributed by atoms with E-state index in [1.807, 2.05) is 30.3 Å². The fourth-order valence-electron chi connectivity index (χ4n) is 1.81. The van der Waals surface area contributed by atoms with Gasteiger partial charge < -0.3 is 5.11 Å². The van der Waals surface area contributed by atoms with Crippen LogP contribution >= 0.6 is 0 Å². The minimum absolute atomic E-state index is 0.0795. The Bertz CT molecular complexity index is 600. The summed E-state index contributed by atoms with van der Waals surface area (Å²) in [5.74, 6) is -1.08. The van der Waals surface area contributed by atoms with Crippen LogP contribution in [-0.2, 0) is 0 Å². The van der Waals surface area contributed by atoms with E-state index in [1.54, 1.807) is 6.07 Å². The van der Waals surface area contributed by atoms with Crippen molar-refractivity contribution < 1.29 is 14.7 Å². The summed E-state index contributed by atoms with van der Waals surface area (Å²) in [7, 11) is 0. The van der Waals surface area contributed by atoms with Crippen molar-refractivity contribution in [3.63, 3.8) is 0 Å². The summed E-state index contributed by atoms with van der Waals surface area (Å²) in [6, 6.07) is 13.8. The molecular weight excluding hydrogens is 228 g/mol. The van der Waals surface area contributed by atoms with Gasteiger partial charge in [0.1, 0.15) is 0 Å². The van der Waals surface area contributed by atoms with Crippen molar-refractivity contribution in [2.75, 3.05) is 0 Å². The molecule has 2 rings (SSSR count). The Morgan fingerprint density at radius 3 is 2.22 bits per heavy atom. The number of ketones is 1. The van der Waals surface area contributed by atoms with E-state index >= 15 is 0 Å². The Balaban J connectivity index is 2.65. The van der Waals surface area contributed by atoms with E-state index < -0.39 is 5.97 Å². The number of carbonyl (C=O) groups excluding carboxylic acids is 1. The molecule has 0 aliphatic heterocycles. The minimum atomic E-state index is -0.996. The van der Waals surface area contributed by atoms with Gasteiger partial charge in [0.25, 0.3) is 0 Å². The van der Waals surface area contributed by atoms with Crippen LogP contribution in [0.15, 0.2) is 48.5 Å². The summed E-state index contributed by atoms with van der Waals surface area (Å²) in [5, 5.41) is 9.17. The third-order valence-electron chi connectivity index (χ3n) is 2.74. The molecule has 0 saturated carbocycles. The Morgan fingerprint density at radius 1 is 1.00 bits per heavy atom. The molecule has 90 valence electrons. The third kappa shape index (κ3) is 2.30. The topological polar surface area (TPSA) is 54.4 Å². The minimum Gasteiger partial charge on any atom is -0.478 e. The molecule has 0 amide bonds. The fourth-order valence-corrected chi connectivity index (χ4v) is 1.81. The quantitative estimate of drug-likeness (QED) is 0.838. The second kappa shape index (κ2) is 4.84. The SMILES string of the molecule is CC(=O)c1ccc(C(=O)O)c(-c2ccccc2)c1. The van der Waals surface area contributed by atoms with Gasteiger partial charge in [0.2, 0.25) is 0 Å².